The Kier molecular flexibility index (Phi) is 6.64. The van der Waals surface area contributed by atoms with Crippen molar-refractivity contribution in [3.05, 3.63) is 29.8 Å². The van der Waals surface area contributed by atoms with Gasteiger partial charge < -0.3 is 9.47 Å². The van der Waals surface area contributed by atoms with Gasteiger partial charge in [0.1, 0.15) is 5.75 Å². The van der Waals surface area contributed by atoms with Crippen LogP contribution in [0.25, 0.3) is 0 Å². The molecule has 104 valence electrons. The van der Waals surface area contributed by atoms with Gasteiger partial charge in [-0.05, 0) is 32.4 Å². The fourth-order valence-corrected chi connectivity index (χ4v) is 1.70. The Hall–Kier alpha value is -1.84. The number of esters is 1. The molecular formula is C15H20O4. The predicted molar refractivity (Wildman–Crippen MR) is 72.4 cm³/mol. The van der Waals surface area contributed by atoms with Gasteiger partial charge in [-0.25, -0.2) is 0 Å². The molecule has 0 heterocycles. The van der Waals surface area contributed by atoms with Gasteiger partial charge in [-0.3, -0.25) is 9.59 Å². The molecule has 0 amide bonds. The summed E-state index contributed by atoms with van der Waals surface area (Å²) in [4.78, 5) is 23.1. The molecule has 4 nitrogen and oxygen atoms in total. The van der Waals surface area contributed by atoms with Gasteiger partial charge in [0, 0.05) is 18.4 Å². The van der Waals surface area contributed by atoms with Crippen molar-refractivity contribution in [2.75, 3.05) is 13.2 Å². The molecule has 0 saturated heterocycles. The lowest BCUT2D eigenvalue weighted by atomic mass is 10.1. The molecule has 0 aliphatic rings. The lowest BCUT2D eigenvalue weighted by Crippen LogP contribution is -2.06. The van der Waals surface area contributed by atoms with E-state index in [0.29, 0.717) is 37.4 Å². The molecule has 0 aromatic heterocycles. The van der Waals surface area contributed by atoms with E-state index in [1.807, 2.05) is 13.0 Å². The average Bonchev–Trinajstić information content (AvgIpc) is 2.39. The molecule has 0 unspecified atom stereocenters. The molecule has 0 N–H and O–H groups in total. The second-order valence-electron chi connectivity index (χ2n) is 4.04. The number of benzene rings is 1. The minimum absolute atomic E-state index is 0.0193. The van der Waals surface area contributed by atoms with E-state index in [0.717, 1.165) is 0 Å². The number of hydrogen-bond donors (Lipinski definition) is 0. The summed E-state index contributed by atoms with van der Waals surface area (Å²) in [7, 11) is 0. The first kappa shape index (κ1) is 15.2. The second kappa shape index (κ2) is 8.29. The molecular weight excluding hydrogens is 244 g/mol. The van der Waals surface area contributed by atoms with Crippen LogP contribution in [0, 0.1) is 0 Å². The Labute approximate surface area is 113 Å². The quantitative estimate of drug-likeness (QED) is 0.535. The molecule has 0 bridgehead atoms. The van der Waals surface area contributed by atoms with Crippen LogP contribution in [0.1, 0.15) is 43.5 Å². The first-order valence-electron chi connectivity index (χ1n) is 6.59. The van der Waals surface area contributed by atoms with E-state index in [4.69, 9.17) is 9.47 Å². The maximum absolute atomic E-state index is 11.9. The third-order valence-corrected chi connectivity index (χ3v) is 2.56. The Morgan fingerprint density at radius 3 is 2.58 bits per heavy atom. The summed E-state index contributed by atoms with van der Waals surface area (Å²) in [6, 6.07) is 7.11. The van der Waals surface area contributed by atoms with E-state index in [1.165, 1.54) is 0 Å². The third-order valence-electron chi connectivity index (χ3n) is 2.56. The Bertz CT molecular complexity index is 426. The van der Waals surface area contributed by atoms with Crippen molar-refractivity contribution >= 4 is 11.8 Å². The smallest absolute Gasteiger partial charge is 0.305 e. The fraction of sp³-hybridized carbons (Fsp3) is 0.467. The minimum atomic E-state index is -0.252. The maximum Gasteiger partial charge on any atom is 0.305 e. The van der Waals surface area contributed by atoms with Gasteiger partial charge in [0.15, 0.2) is 5.78 Å². The van der Waals surface area contributed by atoms with Gasteiger partial charge in [0.25, 0.3) is 0 Å². The van der Waals surface area contributed by atoms with Crippen LogP contribution >= 0.6 is 0 Å². The van der Waals surface area contributed by atoms with Crippen molar-refractivity contribution in [1.82, 2.24) is 0 Å². The van der Waals surface area contributed by atoms with Crippen LogP contribution in [0.5, 0.6) is 5.75 Å². The molecule has 0 spiro atoms. The lowest BCUT2D eigenvalue weighted by Gasteiger charge is -2.05. The van der Waals surface area contributed by atoms with Gasteiger partial charge in [-0.2, -0.15) is 0 Å². The standard InChI is InChI=1S/C15H20O4/c1-3-18-13-8-5-7-12(11-13)14(16)9-6-10-15(17)19-4-2/h5,7-8,11H,3-4,6,9-10H2,1-2H3. The normalized spacial score (nSPS) is 10.0. The number of Topliss-reactive ketones (excluding diaryl/α,β-unsaturated/α-hetero) is 1. The highest BCUT2D eigenvalue weighted by Gasteiger charge is 2.09. The van der Waals surface area contributed by atoms with Crippen LogP contribution in [-0.4, -0.2) is 25.0 Å². The van der Waals surface area contributed by atoms with Gasteiger partial charge >= 0.3 is 5.97 Å². The second-order valence-corrected chi connectivity index (χ2v) is 4.04. The monoisotopic (exact) mass is 264 g/mol. The highest BCUT2D eigenvalue weighted by atomic mass is 16.5. The Morgan fingerprint density at radius 2 is 1.89 bits per heavy atom. The summed E-state index contributed by atoms with van der Waals surface area (Å²) in [6.45, 7) is 4.61. The highest BCUT2D eigenvalue weighted by Crippen LogP contribution is 2.15. The van der Waals surface area contributed by atoms with Crippen LogP contribution in [0.4, 0.5) is 0 Å². The first-order valence-corrected chi connectivity index (χ1v) is 6.59. The number of carbonyl (C=O) groups is 2. The zero-order valence-electron chi connectivity index (χ0n) is 11.5. The van der Waals surface area contributed by atoms with Crippen molar-refractivity contribution in [3.63, 3.8) is 0 Å². The molecule has 1 rings (SSSR count). The zero-order valence-corrected chi connectivity index (χ0v) is 11.5. The van der Waals surface area contributed by atoms with Crippen molar-refractivity contribution < 1.29 is 19.1 Å². The van der Waals surface area contributed by atoms with E-state index in [-0.39, 0.29) is 18.2 Å². The Balaban J connectivity index is 2.44. The van der Waals surface area contributed by atoms with Gasteiger partial charge in [0.2, 0.25) is 0 Å². The summed E-state index contributed by atoms with van der Waals surface area (Å²) < 4.78 is 10.2. The molecule has 0 radical (unpaired) electrons. The van der Waals surface area contributed by atoms with E-state index in [1.54, 1.807) is 25.1 Å². The zero-order chi connectivity index (χ0) is 14.1. The summed E-state index contributed by atoms with van der Waals surface area (Å²) in [5, 5.41) is 0. The molecule has 1 aromatic carbocycles. The van der Waals surface area contributed by atoms with Crippen LogP contribution in [0.2, 0.25) is 0 Å². The number of hydrogen-bond acceptors (Lipinski definition) is 4. The molecule has 0 saturated carbocycles. The van der Waals surface area contributed by atoms with E-state index in [9.17, 15) is 9.59 Å². The van der Waals surface area contributed by atoms with E-state index >= 15 is 0 Å². The molecule has 19 heavy (non-hydrogen) atoms. The highest BCUT2D eigenvalue weighted by molar-refractivity contribution is 5.96. The van der Waals surface area contributed by atoms with Gasteiger partial charge in [0.05, 0.1) is 13.2 Å². The van der Waals surface area contributed by atoms with Crippen molar-refractivity contribution in [2.45, 2.75) is 33.1 Å². The molecule has 4 heteroatoms. The van der Waals surface area contributed by atoms with Crippen molar-refractivity contribution in [1.29, 1.82) is 0 Å². The van der Waals surface area contributed by atoms with Crippen LogP contribution < -0.4 is 4.74 Å². The SMILES string of the molecule is CCOC(=O)CCCC(=O)c1cccc(OCC)c1. The fourth-order valence-electron chi connectivity index (χ4n) is 1.70. The lowest BCUT2D eigenvalue weighted by molar-refractivity contribution is -0.143. The van der Waals surface area contributed by atoms with Crippen molar-refractivity contribution in [2.24, 2.45) is 0 Å². The van der Waals surface area contributed by atoms with Gasteiger partial charge in [-0.15, -0.1) is 0 Å². The molecule has 0 aliphatic heterocycles. The molecule has 0 fully saturated rings. The summed E-state index contributed by atoms with van der Waals surface area (Å²) >= 11 is 0. The van der Waals surface area contributed by atoms with E-state index in [2.05, 4.69) is 0 Å². The minimum Gasteiger partial charge on any atom is -0.494 e. The summed E-state index contributed by atoms with van der Waals surface area (Å²) in [6.07, 6.45) is 1.13. The van der Waals surface area contributed by atoms with Crippen LogP contribution in [0.3, 0.4) is 0 Å². The van der Waals surface area contributed by atoms with Crippen LogP contribution in [0.15, 0.2) is 24.3 Å². The topological polar surface area (TPSA) is 52.6 Å². The first-order chi connectivity index (χ1) is 9.17. The van der Waals surface area contributed by atoms with Crippen LogP contribution in [-0.2, 0) is 9.53 Å². The molecule has 0 atom stereocenters. The number of rotatable bonds is 8. The largest absolute Gasteiger partial charge is 0.494 e. The van der Waals surface area contributed by atoms with Gasteiger partial charge in [-0.1, -0.05) is 12.1 Å². The number of ether oxygens (including phenoxy) is 2. The Morgan fingerprint density at radius 1 is 1.11 bits per heavy atom. The van der Waals surface area contributed by atoms with E-state index < -0.39 is 0 Å². The summed E-state index contributed by atoms with van der Waals surface area (Å²) in [5.74, 6) is 0.461. The molecule has 0 aliphatic carbocycles. The summed E-state index contributed by atoms with van der Waals surface area (Å²) in [5.41, 5.74) is 0.620. The van der Waals surface area contributed by atoms with Crippen molar-refractivity contribution in [3.8, 4) is 5.75 Å². The maximum atomic E-state index is 11.9. The third kappa shape index (κ3) is 5.55. The number of carbonyl (C=O) groups excluding carboxylic acids is 2. The number of ketones is 1. The average molecular weight is 264 g/mol. The predicted octanol–water partition coefficient (Wildman–Crippen LogP) is 3.00. The molecule has 1 aromatic rings.